The summed E-state index contributed by atoms with van der Waals surface area (Å²) in [5.74, 6) is 1.37. The van der Waals surface area contributed by atoms with Gasteiger partial charge in [0, 0.05) is 37.5 Å². The molecule has 31 heavy (non-hydrogen) atoms. The molecular weight excluding hydrogens is 416 g/mol. The van der Waals surface area contributed by atoms with E-state index < -0.39 is 5.54 Å². The molecule has 1 fully saturated rings. The highest BCUT2D eigenvalue weighted by atomic mass is 35.5. The second kappa shape index (κ2) is 9.68. The molecule has 0 bridgehead atoms. The Kier molecular flexibility index (Phi) is 6.75. The number of benzene rings is 2. The SMILES string of the molecule is COCCN=C1Nc2ccccc2CNC12CCN(C(=O)COc1cccc(Cl)c1)C2. The van der Waals surface area contributed by atoms with Crippen LogP contribution in [0.5, 0.6) is 5.75 Å². The van der Waals surface area contributed by atoms with E-state index in [0.717, 1.165) is 17.9 Å². The summed E-state index contributed by atoms with van der Waals surface area (Å²) in [6.07, 6.45) is 0.767. The van der Waals surface area contributed by atoms with Gasteiger partial charge in [-0.15, -0.1) is 0 Å². The van der Waals surface area contributed by atoms with Crippen LogP contribution in [0.4, 0.5) is 5.69 Å². The zero-order valence-corrected chi connectivity index (χ0v) is 18.3. The van der Waals surface area contributed by atoms with E-state index in [1.165, 1.54) is 5.56 Å². The number of aliphatic imine (C=N–C) groups is 1. The highest BCUT2D eigenvalue weighted by Gasteiger charge is 2.45. The van der Waals surface area contributed by atoms with Gasteiger partial charge < -0.3 is 19.7 Å². The number of likely N-dealkylation sites (tertiary alicyclic amines) is 1. The number of rotatable bonds is 6. The average Bonchev–Trinajstić information content (AvgIpc) is 3.15. The Balaban J connectivity index is 1.47. The van der Waals surface area contributed by atoms with E-state index in [0.29, 0.717) is 43.6 Å². The van der Waals surface area contributed by atoms with Gasteiger partial charge in [0.05, 0.1) is 18.7 Å². The first-order valence-corrected chi connectivity index (χ1v) is 10.8. The smallest absolute Gasteiger partial charge is 0.260 e. The van der Waals surface area contributed by atoms with E-state index in [9.17, 15) is 4.79 Å². The van der Waals surface area contributed by atoms with Gasteiger partial charge in [0.25, 0.3) is 5.91 Å². The first kappa shape index (κ1) is 21.6. The van der Waals surface area contributed by atoms with Gasteiger partial charge in [-0.05, 0) is 36.2 Å². The monoisotopic (exact) mass is 442 g/mol. The summed E-state index contributed by atoms with van der Waals surface area (Å²) in [4.78, 5) is 19.5. The van der Waals surface area contributed by atoms with Crippen molar-refractivity contribution in [3.8, 4) is 5.75 Å². The summed E-state index contributed by atoms with van der Waals surface area (Å²) in [7, 11) is 1.67. The number of fused-ring (bicyclic) bond motifs is 1. The van der Waals surface area contributed by atoms with E-state index in [2.05, 4.69) is 22.8 Å². The van der Waals surface area contributed by atoms with Crippen molar-refractivity contribution in [2.45, 2.75) is 18.5 Å². The number of anilines is 1. The number of hydrogen-bond acceptors (Lipinski definition) is 5. The molecule has 8 heteroatoms. The molecule has 1 atom stereocenters. The predicted molar refractivity (Wildman–Crippen MR) is 122 cm³/mol. The minimum atomic E-state index is -0.432. The van der Waals surface area contributed by atoms with E-state index in [1.807, 2.05) is 17.0 Å². The number of methoxy groups -OCH3 is 1. The number of carbonyl (C=O) groups is 1. The Morgan fingerprint density at radius 1 is 1.26 bits per heavy atom. The number of para-hydroxylation sites is 1. The third-order valence-corrected chi connectivity index (χ3v) is 5.92. The third kappa shape index (κ3) is 5.01. The van der Waals surface area contributed by atoms with Crippen LogP contribution in [0.15, 0.2) is 53.5 Å². The number of carbonyl (C=O) groups excluding carboxylic acids is 1. The number of nitrogens with one attached hydrogen (secondary N) is 2. The van der Waals surface area contributed by atoms with Crippen molar-refractivity contribution in [2.24, 2.45) is 4.99 Å². The third-order valence-electron chi connectivity index (χ3n) is 5.69. The van der Waals surface area contributed by atoms with Gasteiger partial charge in [-0.3, -0.25) is 15.1 Å². The summed E-state index contributed by atoms with van der Waals surface area (Å²) < 4.78 is 10.8. The molecule has 164 valence electrons. The normalized spacial score (nSPS) is 21.6. The van der Waals surface area contributed by atoms with Gasteiger partial charge in [-0.2, -0.15) is 0 Å². The Bertz CT molecular complexity index is 967. The molecule has 2 aliphatic rings. The molecule has 2 N–H and O–H groups in total. The molecule has 2 heterocycles. The molecule has 0 radical (unpaired) electrons. The standard InChI is InChI=1S/C23H27ClN4O3/c1-30-12-10-25-22-23(26-14-17-5-2-3-8-20(17)27-22)9-11-28(16-23)21(29)15-31-19-7-4-6-18(24)13-19/h2-8,13,26H,9-12,14-16H2,1H3,(H,25,27). The molecule has 1 saturated heterocycles. The highest BCUT2D eigenvalue weighted by molar-refractivity contribution is 6.30. The van der Waals surface area contributed by atoms with Gasteiger partial charge in [0.15, 0.2) is 6.61 Å². The van der Waals surface area contributed by atoms with Crippen molar-refractivity contribution in [1.29, 1.82) is 0 Å². The van der Waals surface area contributed by atoms with Gasteiger partial charge >= 0.3 is 0 Å². The van der Waals surface area contributed by atoms with Crippen molar-refractivity contribution in [2.75, 3.05) is 45.3 Å². The summed E-state index contributed by atoms with van der Waals surface area (Å²) >= 11 is 5.99. The number of nitrogens with zero attached hydrogens (tertiary/aromatic N) is 2. The maximum absolute atomic E-state index is 12.9. The Morgan fingerprint density at radius 3 is 2.97 bits per heavy atom. The average molecular weight is 443 g/mol. The van der Waals surface area contributed by atoms with E-state index in [-0.39, 0.29) is 12.5 Å². The number of hydrogen-bond donors (Lipinski definition) is 2. The van der Waals surface area contributed by atoms with Crippen molar-refractivity contribution in [1.82, 2.24) is 10.2 Å². The molecule has 1 unspecified atom stereocenters. The summed E-state index contributed by atoms with van der Waals surface area (Å²) in [5, 5.41) is 7.77. The molecule has 2 aliphatic heterocycles. The molecule has 7 nitrogen and oxygen atoms in total. The van der Waals surface area contributed by atoms with Crippen LogP contribution in [0.2, 0.25) is 5.02 Å². The fourth-order valence-electron chi connectivity index (χ4n) is 3.98. The number of amides is 1. The van der Waals surface area contributed by atoms with E-state index in [4.69, 9.17) is 26.1 Å². The van der Waals surface area contributed by atoms with E-state index >= 15 is 0 Å². The highest BCUT2D eigenvalue weighted by Crippen LogP contribution is 2.30. The van der Waals surface area contributed by atoms with Crippen molar-refractivity contribution in [3.63, 3.8) is 0 Å². The number of ether oxygens (including phenoxy) is 2. The molecule has 4 rings (SSSR count). The van der Waals surface area contributed by atoms with Gasteiger partial charge in [-0.25, -0.2) is 0 Å². The topological polar surface area (TPSA) is 75.2 Å². The van der Waals surface area contributed by atoms with Crippen LogP contribution in [0.3, 0.4) is 0 Å². The quantitative estimate of drug-likeness (QED) is 0.673. The lowest BCUT2D eigenvalue weighted by Gasteiger charge is -2.30. The molecule has 0 aromatic heterocycles. The maximum Gasteiger partial charge on any atom is 0.260 e. The van der Waals surface area contributed by atoms with E-state index in [1.54, 1.807) is 31.4 Å². The molecule has 1 amide bonds. The second-order valence-electron chi connectivity index (χ2n) is 7.75. The molecular formula is C23H27ClN4O3. The molecule has 1 spiro atoms. The number of halogens is 1. The van der Waals surface area contributed by atoms with Gasteiger partial charge in [-0.1, -0.05) is 35.9 Å². The van der Waals surface area contributed by atoms with Crippen molar-refractivity contribution in [3.05, 3.63) is 59.1 Å². The van der Waals surface area contributed by atoms with Crippen molar-refractivity contribution >= 4 is 29.0 Å². The van der Waals surface area contributed by atoms with Crippen LogP contribution in [0.1, 0.15) is 12.0 Å². The Hall–Kier alpha value is -2.61. The van der Waals surface area contributed by atoms with Crippen LogP contribution < -0.4 is 15.4 Å². The number of amidine groups is 1. The molecule has 0 aliphatic carbocycles. The fraction of sp³-hybridized carbons (Fsp3) is 0.391. The zero-order valence-electron chi connectivity index (χ0n) is 17.6. The fourth-order valence-corrected chi connectivity index (χ4v) is 4.16. The van der Waals surface area contributed by atoms with Gasteiger partial charge in [0.1, 0.15) is 11.6 Å². The maximum atomic E-state index is 12.9. The first-order valence-electron chi connectivity index (χ1n) is 10.4. The lowest BCUT2D eigenvalue weighted by molar-refractivity contribution is -0.132. The van der Waals surface area contributed by atoms with Crippen LogP contribution in [0.25, 0.3) is 0 Å². The lowest BCUT2D eigenvalue weighted by Crippen LogP contribution is -2.55. The second-order valence-corrected chi connectivity index (χ2v) is 8.19. The molecule has 0 saturated carbocycles. The Labute approximate surface area is 187 Å². The first-order chi connectivity index (χ1) is 15.1. The zero-order chi connectivity index (χ0) is 21.7. The molecule has 2 aromatic carbocycles. The molecule has 2 aromatic rings. The van der Waals surface area contributed by atoms with Crippen LogP contribution in [-0.4, -0.2) is 62.1 Å². The lowest BCUT2D eigenvalue weighted by atomic mass is 9.96. The minimum absolute atomic E-state index is 0.0276. The van der Waals surface area contributed by atoms with Crippen molar-refractivity contribution < 1.29 is 14.3 Å². The van der Waals surface area contributed by atoms with Crippen LogP contribution in [-0.2, 0) is 16.1 Å². The van der Waals surface area contributed by atoms with Crippen LogP contribution >= 0.6 is 11.6 Å². The van der Waals surface area contributed by atoms with Gasteiger partial charge in [0.2, 0.25) is 0 Å². The largest absolute Gasteiger partial charge is 0.484 e. The summed E-state index contributed by atoms with van der Waals surface area (Å²) in [6.45, 7) is 2.92. The minimum Gasteiger partial charge on any atom is -0.484 e. The summed E-state index contributed by atoms with van der Waals surface area (Å²) in [5.41, 5.74) is 1.78. The summed E-state index contributed by atoms with van der Waals surface area (Å²) in [6, 6.07) is 15.3. The predicted octanol–water partition coefficient (Wildman–Crippen LogP) is 2.95. The van der Waals surface area contributed by atoms with Crippen LogP contribution in [0, 0.1) is 0 Å². The Morgan fingerprint density at radius 2 is 2.13 bits per heavy atom.